The average Bonchev–Trinajstić information content (AvgIpc) is 3.00. The summed E-state index contributed by atoms with van der Waals surface area (Å²) in [6.45, 7) is -0.547. The number of fused-ring (bicyclic) bond motifs is 1. The van der Waals surface area contributed by atoms with Crippen molar-refractivity contribution in [3.63, 3.8) is 0 Å². The number of carbonyl (C=O) groups is 2. The molecule has 25 heavy (non-hydrogen) atoms. The normalized spacial score (nSPS) is 12.7. The third kappa shape index (κ3) is 3.28. The zero-order valence-corrected chi connectivity index (χ0v) is 13.2. The Morgan fingerprint density at radius 2 is 2.08 bits per heavy atom. The summed E-state index contributed by atoms with van der Waals surface area (Å²) in [5.41, 5.74) is 1.57. The largest absolute Gasteiger partial charge is 0.487 e. The number of ether oxygens (including phenoxy) is 2. The summed E-state index contributed by atoms with van der Waals surface area (Å²) >= 11 is 0. The first-order chi connectivity index (χ1) is 12.0. The number of hydrogen-bond donors (Lipinski definition) is 1. The highest BCUT2D eigenvalue weighted by atomic mass is 19.3. The Kier molecular flexibility index (Phi) is 4.60. The number of carbonyl (C=O) groups excluding carboxylic acids is 2. The molecule has 2 heterocycles. The maximum atomic E-state index is 12.5. The SMILES string of the molecule is COC(=O)c1cc2c(c(-c3ccccc3OCC(F)F)n1)CNC2=O. The smallest absolute Gasteiger partial charge is 0.356 e. The van der Waals surface area contributed by atoms with Crippen LogP contribution in [0.25, 0.3) is 11.3 Å². The zero-order chi connectivity index (χ0) is 18.0. The monoisotopic (exact) mass is 348 g/mol. The van der Waals surface area contributed by atoms with Crippen molar-refractivity contribution in [1.82, 2.24) is 10.3 Å². The average molecular weight is 348 g/mol. The molecule has 0 spiro atoms. The van der Waals surface area contributed by atoms with E-state index in [1.807, 2.05) is 0 Å². The van der Waals surface area contributed by atoms with Gasteiger partial charge in [0.2, 0.25) is 0 Å². The van der Waals surface area contributed by atoms with Crippen molar-refractivity contribution in [1.29, 1.82) is 0 Å². The van der Waals surface area contributed by atoms with Gasteiger partial charge in [-0.3, -0.25) is 4.79 Å². The first-order valence-corrected chi connectivity index (χ1v) is 7.42. The van der Waals surface area contributed by atoms with Gasteiger partial charge in [-0.05, 0) is 18.2 Å². The lowest BCUT2D eigenvalue weighted by Crippen LogP contribution is -2.13. The van der Waals surface area contributed by atoms with Crippen molar-refractivity contribution >= 4 is 11.9 Å². The molecule has 0 unspecified atom stereocenters. The van der Waals surface area contributed by atoms with Gasteiger partial charge in [0, 0.05) is 23.2 Å². The molecule has 1 N–H and O–H groups in total. The highest BCUT2D eigenvalue weighted by molar-refractivity contribution is 6.02. The summed E-state index contributed by atoms with van der Waals surface area (Å²) in [6.07, 6.45) is -2.63. The fourth-order valence-corrected chi connectivity index (χ4v) is 2.59. The van der Waals surface area contributed by atoms with Gasteiger partial charge in [0.05, 0.1) is 12.8 Å². The summed E-state index contributed by atoms with van der Waals surface area (Å²) in [6, 6.07) is 7.84. The standard InChI is InChI=1S/C17H14F2N2O4/c1-24-17(23)12-6-10-11(7-20-16(10)22)15(21-12)9-4-2-3-5-13(9)25-8-14(18)19/h2-6,14H,7-8H2,1H3,(H,20,22). The molecule has 6 nitrogen and oxygen atoms in total. The molecule has 8 heteroatoms. The van der Waals surface area contributed by atoms with Gasteiger partial charge in [-0.1, -0.05) is 12.1 Å². The third-order valence-electron chi connectivity index (χ3n) is 3.70. The summed E-state index contributed by atoms with van der Waals surface area (Å²) in [4.78, 5) is 28.1. The van der Waals surface area contributed by atoms with Crippen molar-refractivity contribution in [2.75, 3.05) is 13.7 Å². The van der Waals surface area contributed by atoms with Gasteiger partial charge >= 0.3 is 5.97 Å². The van der Waals surface area contributed by atoms with Gasteiger partial charge in [0.1, 0.15) is 18.1 Å². The molecule has 0 saturated carbocycles. The van der Waals surface area contributed by atoms with E-state index in [-0.39, 0.29) is 23.9 Å². The number of alkyl halides is 2. The second kappa shape index (κ2) is 6.84. The van der Waals surface area contributed by atoms with Gasteiger partial charge in [-0.2, -0.15) is 0 Å². The lowest BCUT2D eigenvalue weighted by molar-refractivity contribution is 0.0594. The zero-order valence-electron chi connectivity index (χ0n) is 13.2. The Balaban J connectivity index is 2.14. The fourth-order valence-electron chi connectivity index (χ4n) is 2.59. The molecule has 1 aliphatic heterocycles. The first-order valence-electron chi connectivity index (χ1n) is 7.42. The maximum Gasteiger partial charge on any atom is 0.356 e. The molecule has 0 fully saturated rings. The van der Waals surface area contributed by atoms with E-state index in [1.54, 1.807) is 18.2 Å². The van der Waals surface area contributed by atoms with Crippen LogP contribution in [0.4, 0.5) is 8.78 Å². The molecule has 0 radical (unpaired) electrons. The molecule has 130 valence electrons. The van der Waals surface area contributed by atoms with Gasteiger partial charge in [-0.15, -0.1) is 0 Å². The molecular formula is C17H14F2N2O4. The summed E-state index contributed by atoms with van der Waals surface area (Å²) in [5, 5.41) is 2.66. The summed E-state index contributed by atoms with van der Waals surface area (Å²) in [7, 11) is 1.21. The van der Waals surface area contributed by atoms with Crippen molar-refractivity contribution in [2.24, 2.45) is 0 Å². The predicted octanol–water partition coefficient (Wildman–Crippen LogP) is 2.42. The van der Waals surface area contributed by atoms with Crippen molar-refractivity contribution in [3.05, 3.63) is 47.2 Å². The lowest BCUT2D eigenvalue weighted by atomic mass is 10.0. The van der Waals surface area contributed by atoms with Crippen molar-refractivity contribution in [3.8, 4) is 17.0 Å². The number of aromatic nitrogens is 1. The van der Waals surface area contributed by atoms with E-state index in [0.29, 0.717) is 22.4 Å². The number of rotatable bonds is 5. The fraction of sp³-hybridized carbons (Fsp3) is 0.235. The molecule has 1 amide bonds. The molecule has 0 aliphatic carbocycles. The van der Waals surface area contributed by atoms with E-state index < -0.39 is 19.0 Å². The van der Waals surface area contributed by atoms with E-state index in [4.69, 9.17) is 4.74 Å². The van der Waals surface area contributed by atoms with Crippen LogP contribution in [0.3, 0.4) is 0 Å². The van der Waals surface area contributed by atoms with E-state index in [9.17, 15) is 18.4 Å². The highest BCUT2D eigenvalue weighted by Crippen LogP contribution is 2.34. The Bertz CT molecular complexity index is 839. The van der Waals surface area contributed by atoms with Gasteiger partial charge in [0.15, 0.2) is 0 Å². The van der Waals surface area contributed by atoms with Crippen LogP contribution >= 0.6 is 0 Å². The van der Waals surface area contributed by atoms with Crippen LogP contribution < -0.4 is 10.1 Å². The number of esters is 1. The van der Waals surface area contributed by atoms with Crippen LogP contribution in [0.1, 0.15) is 26.4 Å². The summed E-state index contributed by atoms with van der Waals surface area (Å²) < 4.78 is 34.8. The van der Waals surface area contributed by atoms with E-state index in [0.717, 1.165) is 0 Å². The number of methoxy groups -OCH3 is 1. The second-order valence-electron chi connectivity index (χ2n) is 5.25. The Morgan fingerprint density at radius 1 is 1.32 bits per heavy atom. The molecule has 1 aromatic carbocycles. The third-order valence-corrected chi connectivity index (χ3v) is 3.70. The van der Waals surface area contributed by atoms with E-state index in [2.05, 4.69) is 15.0 Å². The molecule has 1 aliphatic rings. The number of pyridine rings is 1. The number of halogens is 2. The van der Waals surface area contributed by atoms with E-state index >= 15 is 0 Å². The molecule has 1 aromatic heterocycles. The van der Waals surface area contributed by atoms with Crippen LogP contribution in [-0.2, 0) is 11.3 Å². The number of para-hydroxylation sites is 1. The van der Waals surface area contributed by atoms with Crippen molar-refractivity contribution < 1.29 is 27.8 Å². The van der Waals surface area contributed by atoms with Gasteiger partial charge in [-0.25, -0.2) is 18.6 Å². The summed E-state index contributed by atoms with van der Waals surface area (Å²) in [5.74, 6) is -0.844. The first kappa shape index (κ1) is 16.8. The van der Waals surface area contributed by atoms with Crippen LogP contribution in [0, 0.1) is 0 Å². The van der Waals surface area contributed by atoms with Crippen LogP contribution in [-0.4, -0.2) is 37.0 Å². The number of nitrogens with one attached hydrogen (secondary N) is 1. The minimum Gasteiger partial charge on any atom is -0.487 e. The molecule has 0 bridgehead atoms. The van der Waals surface area contributed by atoms with Gasteiger partial charge < -0.3 is 14.8 Å². The van der Waals surface area contributed by atoms with E-state index in [1.165, 1.54) is 19.2 Å². The lowest BCUT2D eigenvalue weighted by Gasteiger charge is -2.14. The Hall–Kier alpha value is -3.03. The topological polar surface area (TPSA) is 77.5 Å². The highest BCUT2D eigenvalue weighted by Gasteiger charge is 2.27. The van der Waals surface area contributed by atoms with Crippen LogP contribution in [0.5, 0.6) is 5.75 Å². The Morgan fingerprint density at radius 3 is 2.80 bits per heavy atom. The van der Waals surface area contributed by atoms with Crippen LogP contribution in [0.15, 0.2) is 30.3 Å². The quantitative estimate of drug-likeness (QED) is 0.840. The molecule has 0 atom stereocenters. The maximum absolute atomic E-state index is 12.5. The number of amides is 1. The Labute approximate surface area is 141 Å². The van der Waals surface area contributed by atoms with Gasteiger partial charge in [0.25, 0.3) is 12.3 Å². The van der Waals surface area contributed by atoms with Crippen LogP contribution in [0.2, 0.25) is 0 Å². The molecule has 2 aromatic rings. The predicted molar refractivity (Wildman–Crippen MR) is 83.7 cm³/mol. The molecular weight excluding hydrogens is 334 g/mol. The second-order valence-corrected chi connectivity index (χ2v) is 5.25. The minimum atomic E-state index is -2.63. The minimum absolute atomic E-state index is 0.0445. The number of nitrogens with zero attached hydrogens (tertiary/aromatic N) is 1. The molecule has 0 saturated heterocycles. The molecule has 3 rings (SSSR count). The van der Waals surface area contributed by atoms with Crippen molar-refractivity contribution in [2.45, 2.75) is 13.0 Å². The number of hydrogen-bond acceptors (Lipinski definition) is 5. The number of benzene rings is 1.